The van der Waals surface area contributed by atoms with E-state index in [0.717, 1.165) is 6.54 Å². The van der Waals surface area contributed by atoms with E-state index in [1.165, 1.54) is 0 Å². The van der Waals surface area contributed by atoms with Gasteiger partial charge in [-0.1, -0.05) is 21.6 Å². The molecule has 1 heterocycles. The molecule has 1 rings (SSSR count). The van der Waals surface area contributed by atoms with Gasteiger partial charge in [0.1, 0.15) is 0 Å². The van der Waals surface area contributed by atoms with Crippen LogP contribution in [0, 0.1) is 11.3 Å². The zero-order valence-corrected chi connectivity index (χ0v) is 19.4. The predicted molar refractivity (Wildman–Crippen MR) is 112 cm³/mol. The maximum Gasteiger partial charge on any atom is 0.259 e. The topological polar surface area (TPSA) is 48.7 Å². The largest absolute Gasteiger partial charge is 0.321 e. The summed E-state index contributed by atoms with van der Waals surface area (Å²) in [4.78, 5) is 2.22. The lowest BCUT2D eigenvalue weighted by molar-refractivity contribution is 0.109. The normalized spacial score (nSPS) is 24.4. The highest BCUT2D eigenvalue weighted by atomic mass is 33.1. The van der Waals surface area contributed by atoms with Crippen LogP contribution in [0.4, 0.5) is 0 Å². The number of nitriles is 1. The third kappa shape index (κ3) is 7.18. The highest BCUT2D eigenvalue weighted by Crippen LogP contribution is 2.58. The van der Waals surface area contributed by atoms with E-state index >= 15 is 0 Å². The van der Waals surface area contributed by atoms with Gasteiger partial charge < -0.3 is 13.9 Å². The lowest BCUT2D eigenvalue weighted by Crippen LogP contribution is -2.43. The molecule has 1 aliphatic rings. The molecular formula is C17H34N3O2PS2. The highest BCUT2D eigenvalue weighted by Gasteiger charge is 2.47. The van der Waals surface area contributed by atoms with Crippen LogP contribution in [0.1, 0.15) is 48.0 Å². The molecule has 0 amide bonds. The van der Waals surface area contributed by atoms with Gasteiger partial charge in [-0.05, 0) is 55.6 Å². The van der Waals surface area contributed by atoms with Crippen molar-refractivity contribution in [2.45, 2.75) is 76.1 Å². The average Bonchev–Trinajstić information content (AvgIpc) is 2.73. The van der Waals surface area contributed by atoms with Gasteiger partial charge in [-0.15, -0.1) is 0 Å². The molecule has 0 bridgehead atoms. The van der Waals surface area contributed by atoms with E-state index in [9.17, 15) is 0 Å². The van der Waals surface area contributed by atoms with Crippen LogP contribution in [0.15, 0.2) is 0 Å². The zero-order valence-electron chi connectivity index (χ0n) is 16.9. The summed E-state index contributed by atoms with van der Waals surface area (Å²) in [6.07, 6.45) is 0.503. The zero-order chi connectivity index (χ0) is 19.2. The summed E-state index contributed by atoms with van der Waals surface area (Å²) in [7, 11) is 6.84. The second kappa shape index (κ2) is 10.7. The average molecular weight is 408 g/mol. The molecule has 3 atom stereocenters. The van der Waals surface area contributed by atoms with Gasteiger partial charge in [-0.25, -0.2) is 4.67 Å². The van der Waals surface area contributed by atoms with Crippen LogP contribution in [-0.4, -0.2) is 65.0 Å². The Hall–Kier alpha value is 0.460. The number of nitrogens with zero attached hydrogens (tertiary/aromatic N) is 3. The van der Waals surface area contributed by atoms with E-state index in [0.29, 0.717) is 30.4 Å². The van der Waals surface area contributed by atoms with Gasteiger partial charge in [0.25, 0.3) is 8.53 Å². The summed E-state index contributed by atoms with van der Waals surface area (Å²) >= 11 is 0. The van der Waals surface area contributed by atoms with Gasteiger partial charge in [-0.3, -0.25) is 0 Å². The van der Waals surface area contributed by atoms with Gasteiger partial charge in [0.2, 0.25) is 0 Å². The van der Waals surface area contributed by atoms with Crippen molar-refractivity contribution in [2.24, 2.45) is 0 Å². The Morgan fingerprint density at radius 3 is 2.28 bits per heavy atom. The molecule has 146 valence electrons. The summed E-state index contributed by atoms with van der Waals surface area (Å²) < 4.78 is 15.1. The van der Waals surface area contributed by atoms with Crippen LogP contribution < -0.4 is 0 Å². The minimum absolute atomic E-state index is 0.0319. The summed E-state index contributed by atoms with van der Waals surface area (Å²) in [6.45, 7) is 14.6. The lowest BCUT2D eigenvalue weighted by Gasteiger charge is -2.40. The van der Waals surface area contributed by atoms with Crippen molar-refractivity contribution in [3.05, 3.63) is 0 Å². The first-order valence-electron chi connectivity index (χ1n) is 8.84. The molecule has 0 spiro atoms. The summed E-state index contributed by atoms with van der Waals surface area (Å²) in [5.41, 5.74) is 0. The smallest absolute Gasteiger partial charge is 0.259 e. The molecule has 8 heteroatoms. The maximum atomic E-state index is 8.86. The lowest BCUT2D eigenvalue weighted by atomic mass is 10.0. The fraction of sp³-hybridized carbons (Fsp3) is 0.941. The molecule has 0 saturated carbocycles. The molecule has 0 aromatic rings. The quantitative estimate of drug-likeness (QED) is 0.294. The Bertz CT molecular complexity index is 436. The van der Waals surface area contributed by atoms with Crippen molar-refractivity contribution in [3.8, 4) is 6.07 Å². The van der Waals surface area contributed by atoms with Gasteiger partial charge >= 0.3 is 0 Å². The molecule has 25 heavy (non-hydrogen) atoms. The van der Waals surface area contributed by atoms with Gasteiger partial charge in [0, 0.05) is 23.4 Å². The van der Waals surface area contributed by atoms with Crippen LogP contribution in [0.5, 0.6) is 0 Å². The van der Waals surface area contributed by atoms with Crippen molar-refractivity contribution >= 4 is 30.1 Å². The van der Waals surface area contributed by atoms with Crippen molar-refractivity contribution < 1.29 is 9.05 Å². The SMILES string of the molecule is CC(C)N(C(C)C)P(OCCC#N)O[C@H]1[C@H](CN(C)C)SSC1(C)C. The first kappa shape index (κ1) is 23.5. The van der Waals surface area contributed by atoms with E-state index < -0.39 is 8.53 Å². The van der Waals surface area contributed by atoms with Gasteiger partial charge in [-0.2, -0.15) is 5.26 Å². The first-order chi connectivity index (χ1) is 11.6. The van der Waals surface area contributed by atoms with Crippen LogP contribution in [0.3, 0.4) is 0 Å². The molecular weight excluding hydrogens is 373 g/mol. The second-order valence-corrected chi connectivity index (χ2v) is 12.2. The van der Waals surface area contributed by atoms with Gasteiger partial charge in [0.15, 0.2) is 0 Å². The third-order valence-electron chi connectivity index (χ3n) is 3.82. The first-order valence-corrected chi connectivity index (χ1v) is 12.2. The fourth-order valence-corrected chi connectivity index (χ4v) is 8.37. The Balaban J connectivity index is 2.97. The highest BCUT2D eigenvalue weighted by molar-refractivity contribution is 8.77. The maximum absolute atomic E-state index is 8.86. The minimum Gasteiger partial charge on any atom is -0.321 e. The van der Waals surface area contributed by atoms with Crippen LogP contribution in [0.2, 0.25) is 0 Å². The molecule has 5 nitrogen and oxygen atoms in total. The fourth-order valence-electron chi connectivity index (χ4n) is 2.80. The number of hydrogen-bond donors (Lipinski definition) is 0. The van der Waals surface area contributed by atoms with E-state index in [2.05, 4.69) is 71.3 Å². The molecule has 0 aromatic carbocycles. The Labute approximate surface area is 163 Å². The Morgan fingerprint density at radius 1 is 1.20 bits per heavy atom. The Morgan fingerprint density at radius 2 is 1.80 bits per heavy atom. The molecule has 1 saturated heterocycles. The second-order valence-electron chi connectivity index (χ2n) is 7.66. The predicted octanol–water partition coefficient (Wildman–Crippen LogP) is 4.75. The molecule has 0 aromatic heterocycles. The molecule has 1 unspecified atom stereocenters. The minimum atomic E-state index is -1.20. The van der Waals surface area contributed by atoms with Crippen LogP contribution in [0.25, 0.3) is 0 Å². The molecule has 1 aliphatic heterocycles. The summed E-state index contributed by atoms with van der Waals surface area (Å²) in [5, 5.41) is 9.26. The van der Waals surface area contributed by atoms with Crippen molar-refractivity contribution in [2.75, 3.05) is 27.2 Å². The van der Waals surface area contributed by atoms with E-state index in [4.69, 9.17) is 14.3 Å². The van der Waals surface area contributed by atoms with E-state index in [1.807, 2.05) is 21.6 Å². The number of rotatable bonds is 10. The van der Waals surface area contributed by atoms with Crippen LogP contribution in [-0.2, 0) is 9.05 Å². The standard InChI is InChI=1S/C17H34N3O2PS2/c1-13(2)20(14(3)4)23(21-11-9-10-18)22-16-15(12-19(7)8)24-25-17(16,5)6/h13-16H,9,11-12H2,1-8H3/t15-,16-,23?/m0/s1. The molecule has 0 N–H and O–H groups in total. The summed E-state index contributed by atoms with van der Waals surface area (Å²) in [5.74, 6) is 0. The molecule has 1 fully saturated rings. The van der Waals surface area contributed by atoms with Crippen molar-refractivity contribution in [1.82, 2.24) is 9.57 Å². The van der Waals surface area contributed by atoms with E-state index in [-0.39, 0.29) is 10.9 Å². The Kier molecular flexibility index (Phi) is 10.1. The van der Waals surface area contributed by atoms with Crippen molar-refractivity contribution in [3.63, 3.8) is 0 Å². The van der Waals surface area contributed by atoms with Crippen molar-refractivity contribution in [1.29, 1.82) is 5.26 Å². The third-order valence-corrected chi connectivity index (χ3v) is 9.65. The van der Waals surface area contributed by atoms with E-state index in [1.54, 1.807) is 0 Å². The van der Waals surface area contributed by atoms with Gasteiger partial charge in [0.05, 0.1) is 30.5 Å². The molecule has 0 aliphatic carbocycles. The van der Waals surface area contributed by atoms with Crippen LogP contribution >= 0.6 is 30.1 Å². The summed E-state index contributed by atoms with van der Waals surface area (Å²) in [6, 6.07) is 2.81. The number of hydrogen-bond acceptors (Lipinski definition) is 7. The monoisotopic (exact) mass is 407 g/mol. The molecule has 0 radical (unpaired) electrons.